The first kappa shape index (κ1) is 22.4. The molecular weight excluding hydrogens is 398 g/mol. The number of aryl methyl sites for hydroxylation is 1. The highest BCUT2D eigenvalue weighted by Gasteiger charge is 2.46. The zero-order valence-corrected chi connectivity index (χ0v) is 18.2. The Kier molecular flexibility index (Phi) is 6.97. The second-order valence-electron chi connectivity index (χ2n) is 7.27. The summed E-state index contributed by atoms with van der Waals surface area (Å²) in [6.07, 6.45) is 0.552. The number of aliphatic hydroxyl groups is 1. The summed E-state index contributed by atoms with van der Waals surface area (Å²) in [5.41, 5.74) is 1.91. The Bertz CT molecular complexity index is 1010. The van der Waals surface area contributed by atoms with Crippen LogP contribution < -0.4 is 9.47 Å². The number of hydrogen-bond acceptors (Lipinski definition) is 6. The quantitative estimate of drug-likeness (QED) is 0.302. The zero-order chi connectivity index (χ0) is 22.5. The Morgan fingerprint density at radius 2 is 1.74 bits per heavy atom. The molecule has 1 fully saturated rings. The maximum absolute atomic E-state index is 13.0. The van der Waals surface area contributed by atoms with E-state index >= 15 is 0 Å². The molecule has 1 aliphatic heterocycles. The van der Waals surface area contributed by atoms with E-state index in [1.54, 1.807) is 44.6 Å². The van der Waals surface area contributed by atoms with Gasteiger partial charge in [0.15, 0.2) is 0 Å². The number of nitrogens with zero attached hydrogens (tertiary/aromatic N) is 1. The molecule has 1 saturated heterocycles. The molecule has 1 amide bonds. The predicted molar refractivity (Wildman–Crippen MR) is 116 cm³/mol. The van der Waals surface area contributed by atoms with Crippen molar-refractivity contribution >= 4 is 17.4 Å². The normalized spacial score (nSPS) is 17.8. The summed E-state index contributed by atoms with van der Waals surface area (Å²) < 4.78 is 15.9. The molecule has 31 heavy (non-hydrogen) atoms. The molecule has 0 bridgehead atoms. The van der Waals surface area contributed by atoms with Gasteiger partial charge in [-0.3, -0.25) is 9.59 Å². The first-order valence-corrected chi connectivity index (χ1v) is 9.99. The highest BCUT2D eigenvalue weighted by Crippen LogP contribution is 2.42. The van der Waals surface area contributed by atoms with E-state index in [4.69, 9.17) is 14.2 Å². The van der Waals surface area contributed by atoms with Crippen LogP contribution in [0.2, 0.25) is 0 Å². The van der Waals surface area contributed by atoms with E-state index in [-0.39, 0.29) is 11.3 Å². The molecule has 0 aromatic heterocycles. The van der Waals surface area contributed by atoms with Gasteiger partial charge in [-0.25, -0.2) is 0 Å². The number of amides is 1. The lowest BCUT2D eigenvalue weighted by atomic mass is 9.94. The number of ketones is 1. The van der Waals surface area contributed by atoms with Crippen molar-refractivity contribution in [2.75, 3.05) is 34.5 Å². The number of hydrogen-bond donors (Lipinski definition) is 1. The lowest BCUT2D eigenvalue weighted by Crippen LogP contribution is -2.31. The van der Waals surface area contributed by atoms with Crippen LogP contribution in [0.1, 0.15) is 29.2 Å². The number of carbonyl (C=O) groups excluding carboxylic acids is 2. The molecule has 2 aromatic rings. The summed E-state index contributed by atoms with van der Waals surface area (Å²) in [4.78, 5) is 27.4. The molecule has 1 aliphatic rings. The van der Waals surface area contributed by atoms with Crippen LogP contribution in [0.4, 0.5) is 0 Å². The fraction of sp³-hybridized carbons (Fsp3) is 0.333. The summed E-state index contributed by atoms with van der Waals surface area (Å²) in [6, 6.07) is 11.5. The van der Waals surface area contributed by atoms with Gasteiger partial charge in [-0.05, 0) is 43.2 Å². The average molecular weight is 425 g/mol. The van der Waals surface area contributed by atoms with Gasteiger partial charge in [0.25, 0.3) is 11.7 Å². The fourth-order valence-electron chi connectivity index (χ4n) is 3.89. The van der Waals surface area contributed by atoms with Crippen molar-refractivity contribution in [2.45, 2.75) is 19.4 Å². The molecule has 3 rings (SSSR count). The molecule has 164 valence electrons. The topological polar surface area (TPSA) is 85.3 Å². The van der Waals surface area contributed by atoms with Crippen LogP contribution >= 0.6 is 0 Å². The molecule has 1 N–H and O–H groups in total. The Morgan fingerprint density at radius 3 is 2.39 bits per heavy atom. The van der Waals surface area contributed by atoms with E-state index in [2.05, 4.69) is 0 Å². The van der Waals surface area contributed by atoms with Crippen LogP contribution in [-0.2, 0) is 14.3 Å². The highest BCUT2D eigenvalue weighted by molar-refractivity contribution is 6.46. The zero-order valence-electron chi connectivity index (χ0n) is 18.2. The summed E-state index contributed by atoms with van der Waals surface area (Å²) in [6.45, 7) is 2.59. The Labute approximate surface area is 181 Å². The van der Waals surface area contributed by atoms with E-state index in [1.165, 1.54) is 12.0 Å². The first-order valence-electron chi connectivity index (χ1n) is 9.99. The summed E-state index contributed by atoms with van der Waals surface area (Å²) in [7, 11) is 4.68. The van der Waals surface area contributed by atoms with Crippen molar-refractivity contribution in [1.29, 1.82) is 0 Å². The van der Waals surface area contributed by atoms with E-state index < -0.39 is 17.7 Å². The van der Waals surface area contributed by atoms with E-state index in [0.717, 1.165) is 5.56 Å². The summed E-state index contributed by atoms with van der Waals surface area (Å²) >= 11 is 0. The third-order valence-corrected chi connectivity index (χ3v) is 5.39. The van der Waals surface area contributed by atoms with Crippen LogP contribution in [-0.4, -0.2) is 56.2 Å². The van der Waals surface area contributed by atoms with Gasteiger partial charge in [-0.15, -0.1) is 0 Å². The van der Waals surface area contributed by atoms with Crippen molar-refractivity contribution < 1.29 is 28.9 Å². The number of benzene rings is 2. The van der Waals surface area contributed by atoms with Crippen LogP contribution in [0.3, 0.4) is 0 Å². The number of ether oxygens (including phenoxy) is 3. The number of Topliss-reactive ketones (excluding diaryl/α,β-unsaturated/α-hetero) is 1. The van der Waals surface area contributed by atoms with E-state index in [9.17, 15) is 14.7 Å². The lowest BCUT2D eigenvalue weighted by molar-refractivity contribution is -0.140. The number of aliphatic hydroxyl groups excluding tert-OH is 1. The van der Waals surface area contributed by atoms with Gasteiger partial charge in [0.2, 0.25) is 0 Å². The number of methoxy groups -OCH3 is 3. The number of rotatable bonds is 8. The van der Waals surface area contributed by atoms with Gasteiger partial charge in [0, 0.05) is 31.4 Å². The first-order chi connectivity index (χ1) is 14.9. The van der Waals surface area contributed by atoms with Gasteiger partial charge in [-0.1, -0.05) is 18.2 Å². The van der Waals surface area contributed by atoms with Crippen LogP contribution in [0.5, 0.6) is 11.5 Å². The average Bonchev–Trinajstić information content (AvgIpc) is 3.03. The van der Waals surface area contributed by atoms with Crippen molar-refractivity contribution in [1.82, 2.24) is 4.90 Å². The van der Waals surface area contributed by atoms with Gasteiger partial charge < -0.3 is 24.2 Å². The monoisotopic (exact) mass is 425 g/mol. The standard InChI is InChI=1S/C24H27NO6/c1-15-14-16(10-11-18(15)30-3)22(26)20-21(17-8-5-6-9-19(17)31-4)25(12-7-13-29-2)24(28)23(20)27/h5-6,8-11,14,21,26H,7,12-13H2,1-4H3/b22-20+. The Morgan fingerprint density at radius 1 is 1.03 bits per heavy atom. The predicted octanol–water partition coefficient (Wildman–Crippen LogP) is 3.47. The summed E-state index contributed by atoms with van der Waals surface area (Å²) in [5, 5.41) is 11.2. The summed E-state index contributed by atoms with van der Waals surface area (Å²) in [5.74, 6) is -0.409. The highest BCUT2D eigenvalue weighted by atomic mass is 16.5. The smallest absolute Gasteiger partial charge is 0.295 e. The Hall–Kier alpha value is -3.32. The SMILES string of the molecule is COCCCN1C(=O)C(=O)/C(=C(/O)c2ccc(OC)c(C)c2)C1c1ccccc1OC. The molecule has 1 heterocycles. The molecule has 1 atom stereocenters. The van der Waals surface area contributed by atoms with Crippen LogP contribution in [0.25, 0.3) is 5.76 Å². The van der Waals surface area contributed by atoms with Gasteiger partial charge >= 0.3 is 0 Å². The fourth-order valence-corrected chi connectivity index (χ4v) is 3.89. The largest absolute Gasteiger partial charge is 0.507 e. The number of para-hydroxylation sites is 1. The van der Waals surface area contributed by atoms with Crippen LogP contribution in [0.15, 0.2) is 48.0 Å². The third kappa shape index (κ3) is 4.27. The van der Waals surface area contributed by atoms with Gasteiger partial charge in [0.1, 0.15) is 17.3 Å². The maximum Gasteiger partial charge on any atom is 0.295 e. The van der Waals surface area contributed by atoms with Crippen molar-refractivity contribution in [3.8, 4) is 11.5 Å². The molecule has 7 nitrogen and oxygen atoms in total. The Balaban J connectivity index is 2.17. The number of carbonyl (C=O) groups is 2. The molecule has 1 unspecified atom stereocenters. The molecule has 0 saturated carbocycles. The minimum Gasteiger partial charge on any atom is -0.507 e. The minimum absolute atomic E-state index is 0.0384. The maximum atomic E-state index is 13.0. The van der Waals surface area contributed by atoms with Gasteiger partial charge in [0.05, 0.1) is 25.8 Å². The minimum atomic E-state index is -0.768. The van der Waals surface area contributed by atoms with Crippen molar-refractivity contribution in [2.24, 2.45) is 0 Å². The van der Waals surface area contributed by atoms with E-state index in [1.807, 2.05) is 19.1 Å². The molecule has 0 spiro atoms. The lowest BCUT2D eigenvalue weighted by Gasteiger charge is -2.26. The number of likely N-dealkylation sites (tertiary alicyclic amines) is 1. The molecule has 2 aromatic carbocycles. The third-order valence-electron chi connectivity index (χ3n) is 5.39. The second-order valence-corrected chi connectivity index (χ2v) is 7.27. The molecule has 0 aliphatic carbocycles. The molecule has 0 radical (unpaired) electrons. The molecule has 7 heteroatoms. The van der Waals surface area contributed by atoms with E-state index in [0.29, 0.717) is 42.2 Å². The second kappa shape index (κ2) is 9.66. The van der Waals surface area contributed by atoms with Crippen molar-refractivity contribution in [3.05, 3.63) is 64.7 Å². The van der Waals surface area contributed by atoms with Gasteiger partial charge in [-0.2, -0.15) is 0 Å². The molecular formula is C24H27NO6. The van der Waals surface area contributed by atoms with Crippen LogP contribution in [0, 0.1) is 6.92 Å². The van der Waals surface area contributed by atoms with Crippen molar-refractivity contribution in [3.63, 3.8) is 0 Å².